The van der Waals surface area contributed by atoms with Gasteiger partial charge in [0.15, 0.2) is 0 Å². The van der Waals surface area contributed by atoms with Gasteiger partial charge in [-0.05, 0) is 43.7 Å². The van der Waals surface area contributed by atoms with Crippen LogP contribution in [0, 0.1) is 5.82 Å². The zero-order chi connectivity index (χ0) is 14.7. The molecular formula is C15H21FN2OS. The highest BCUT2D eigenvalue weighted by Crippen LogP contribution is 2.24. The third-order valence-corrected chi connectivity index (χ3v) is 4.17. The molecule has 3 N–H and O–H groups in total. The Morgan fingerprint density at radius 1 is 1.40 bits per heavy atom. The first kappa shape index (κ1) is 15.4. The molecule has 1 aromatic rings. The van der Waals surface area contributed by atoms with Gasteiger partial charge in [-0.15, -0.1) is 0 Å². The van der Waals surface area contributed by atoms with E-state index in [2.05, 4.69) is 4.90 Å². The van der Waals surface area contributed by atoms with Crippen LogP contribution in [0.5, 0.6) is 0 Å². The number of likely N-dealkylation sites (N-methyl/N-ethyl adjacent to an activating group) is 1. The number of rotatable bonds is 4. The maximum Gasteiger partial charge on any atom is 0.124 e. The van der Waals surface area contributed by atoms with Crippen molar-refractivity contribution in [1.82, 2.24) is 4.90 Å². The molecule has 1 aliphatic carbocycles. The maximum absolute atomic E-state index is 13.6. The van der Waals surface area contributed by atoms with E-state index in [1.165, 1.54) is 12.1 Å². The third kappa shape index (κ3) is 3.75. The first-order valence-corrected chi connectivity index (χ1v) is 7.36. The molecule has 0 aliphatic heterocycles. The molecule has 1 aliphatic rings. The molecule has 20 heavy (non-hydrogen) atoms. The van der Waals surface area contributed by atoms with Crippen LogP contribution >= 0.6 is 12.2 Å². The Hall–Kier alpha value is -1.04. The van der Waals surface area contributed by atoms with Gasteiger partial charge in [-0.3, -0.25) is 4.90 Å². The van der Waals surface area contributed by atoms with E-state index in [-0.39, 0.29) is 23.0 Å². The molecule has 2 rings (SSSR count). The number of hydrogen-bond acceptors (Lipinski definition) is 3. The summed E-state index contributed by atoms with van der Waals surface area (Å²) >= 11 is 4.90. The summed E-state index contributed by atoms with van der Waals surface area (Å²) in [4.78, 5) is 2.29. The van der Waals surface area contributed by atoms with E-state index < -0.39 is 0 Å². The van der Waals surface area contributed by atoms with Crippen molar-refractivity contribution in [2.24, 2.45) is 5.73 Å². The molecule has 110 valence electrons. The lowest BCUT2D eigenvalue weighted by Gasteiger charge is -2.35. The lowest BCUT2D eigenvalue weighted by Crippen LogP contribution is -2.42. The quantitative estimate of drug-likeness (QED) is 0.836. The van der Waals surface area contributed by atoms with Crippen molar-refractivity contribution < 1.29 is 9.50 Å². The van der Waals surface area contributed by atoms with E-state index in [1.54, 1.807) is 0 Å². The molecule has 1 aromatic carbocycles. The van der Waals surface area contributed by atoms with Crippen molar-refractivity contribution in [3.05, 3.63) is 35.1 Å². The number of nitrogens with zero attached hydrogens (tertiary/aromatic N) is 1. The summed E-state index contributed by atoms with van der Waals surface area (Å²) in [6, 6.07) is 4.80. The number of hydrogen-bond donors (Lipinski definition) is 2. The molecular weight excluding hydrogens is 275 g/mol. The van der Waals surface area contributed by atoms with Gasteiger partial charge >= 0.3 is 0 Å². The molecule has 2 atom stereocenters. The SMILES string of the molecule is CN(Cc1cc(F)cc(C(N)=S)c1)C1CCCCC1O. The lowest BCUT2D eigenvalue weighted by molar-refractivity contribution is 0.0288. The molecule has 0 bridgehead atoms. The summed E-state index contributed by atoms with van der Waals surface area (Å²) in [7, 11) is 1.96. The fourth-order valence-corrected chi connectivity index (χ4v) is 3.01. The second-order valence-electron chi connectivity index (χ2n) is 5.55. The molecule has 2 unspecified atom stereocenters. The van der Waals surface area contributed by atoms with Crippen molar-refractivity contribution >= 4 is 17.2 Å². The van der Waals surface area contributed by atoms with E-state index in [0.717, 1.165) is 31.2 Å². The van der Waals surface area contributed by atoms with E-state index in [4.69, 9.17) is 18.0 Å². The van der Waals surface area contributed by atoms with E-state index in [1.807, 2.05) is 13.1 Å². The second kappa shape index (κ2) is 6.61. The van der Waals surface area contributed by atoms with Crippen molar-refractivity contribution in [1.29, 1.82) is 0 Å². The Balaban J connectivity index is 2.10. The van der Waals surface area contributed by atoms with Gasteiger partial charge in [0, 0.05) is 18.2 Å². The average molecular weight is 296 g/mol. The molecule has 1 fully saturated rings. The number of aliphatic hydroxyl groups excluding tert-OH is 1. The Bertz CT molecular complexity index is 495. The zero-order valence-electron chi connectivity index (χ0n) is 11.7. The van der Waals surface area contributed by atoms with Crippen LogP contribution in [0.4, 0.5) is 4.39 Å². The third-order valence-electron chi connectivity index (χ3n) is 3.93. The predicted molar refractivity (Wildman–Crippen MR) is 82.0 cm³/mol. The smallest absolute Gasteiger partial charge is 0.124 e. The summed E-state index contributed by atoms with van der Waals surface area (Å²) in [6.07, 6.45) is 3.74. The largest absolute Gasteiger partial charge is 0.391 e. The highest BCUT2D eigenvalue weighted by atomic mass is 32.1. The van der Waals surface area contributed by atoms with Gasteiger partial charge in [0.1, 0.15) is 10.8 Å². The fraction of sp³-hybridized carbons (Fsp3) is 0.533. The maximum atomic E-state index is 13.6. The summed E-state index contributed by atoms with van der Waals surface area (Å²) in [5.74, 6) is -0.331. The van der Waals surface area contributed by atoms with Crippen LogP contribution in [-0.4, -0.2) is 34.2 Å². The van der Waals surface area contributed by atoms with Crippen molar-refractivity contribution in [3.63, 3.8) is 0 Å². The Morgan fingerprint density at radius 3 is 2.75 bits per heavy atom. The fourth-order valence-electron chi connectivity index (χ4n) is 2.90. The number of nitrogens with two attached hydrogens (primary N) is 1. The average Bonchev–Trinajstić information content (AvgIpc) is 2.38. The Labute approximate surface area is 124 Å². The van der Waals surface area contributed by atoms with Gasteiger partial charge in [-0.25, -0.2) is 4.39 Å². The lowest BCUT2D eigenvalue weighted by atomic mass is 9.91. The first-order chi connectivity index (χ1) is 9.47. The van der Waals surface area contributed by atoms with Gasteiger partial charge in [0.25, 0.3) is 0 Å². The molecule has 0 radical (unpaired) electrons. The van der Waals surface area contributed by atoms with Crippen LogP contribution in [0.2, 0.25) is 0 Å². The number of benzene rings is 1. The van der Waals surface area contributed by atoms with Crippen LogP contribution in [0.15, 0.2) is 18.2 Å². The van der Waals surface area contributed by atoms with Crippen LogP contribution in [0.1, 0.15) is 36.8 Å². The van der Waals surface area contributed by atoms with E-state index in [0.29, 0.717) is 12.1 Å². The Morgan fingerprint density at radius 2 is 2.10 bits per heavy atom. The van der Waals surface area contributed by atoms with Gasteiger partial charge < -0.3 is 10.8 Å². The number of aliphatic hydroxyl groups is 1. The van der Waals surface area contributed by atoms with Crippen molar-refractivity contribution in [2.75, 3.05) is 7.05 Å². The zero-order valence-corrected chi connectivity index (χ0v) is 12.5. The highest BCUT2D eigenvalue weighted by molar-refractivity contribution is 7.80. The monoisotopic (exact) mass is 296 g/mol. The topological polar surface area (TPSA) is 49.5 Å². The summed E-state index contributed by atoms with van der Waals surface area (Å²) < 4.78 is 13.6. The van der Waals surface area contributed by atoms with Gasteiger partial charge in [0.05, 0.1) is 6.10 Å². The summed E-state index contributed by atoms with van der Waals surface area (Å²) in [5.41, 5.74) is 6.93. The second-order valence-corrected chi connectivity index (χ2v) is 5.99. The molecule has 0 spiro atoms. The molecule has 0 saturated heterocycles. The van der Waals surface area contributed by atoms with Gasteiger partial charge in [0.2, 0.25) is 0 Å². The van der Waals surface area contributed by atoms with Crippen molar-refractivity contribution in [2.45, 2.75) is 44.4 Å². The Kier molecular flexibility index (Phi) is 5.07. The van der Waals surface area contributed by atoms with E-state index >= 15 is 0 Å². The van der Waals surface area contributed by atoms with Crippen LogP contribution in [0.3, 0.4) is 0 Å². The van der Waals surface area contributed by atoms with Crippen molar-refractivity contribution in [3.8, 4) is 0 Å². The van der Waals surface area contributed by atoms with Crippen LogP contribution in [-0.2, 0) is 6.54 Å². The van der Waals surface area contributed by atoms with E-state index in [9.17, 15) is 9.50 Å². The number of thiocarbonyl (C=S) groups is 1. The predicted octanol–water partition coefficient (Wildman–Crippen LogP) is 2.20. The molecule has 3 nitrogen and oxygen atoms in total. The molecule has 5 heteroatoms. The normalized spacial score (nSPS) is 23.0. The minimum atomic E-state index is -0.331. The minimum Gasteiger partial charge on any atom is -0.391 e. The van der Waals surface area contributed by atoms with Crippen LogP contribution in [0.25, 0.3) is 0 Å². The molecule has 0 aromatic heterocycles. The highest BCUT2D eigenvalue weighted by Gasteiger charge is 2.26. The van der Waals surface area contributed by atoms with Crippen LogP contribution < -0.4 is 5.73 Å². The van der Waals surface area contributed by atoms with Gasteiger partial charge in [-0.2, -0.15) is 0 Å². The van der Waals surface area contributed by atoms with Gasteiger partial charge in [-0.1, -0.05) is 25.1 Å². The minimum absolute atomic E-state index is 0.139. The standard InChI is InChI=1S/C15H21FN2OS/c1-18(13-4-2-3-5-14(13)19)9-10-6-11(15(17)20)8-12(16)7-10/h6-8,13-14,19H,2-5,9H2,1H3,(H2,17,20). The first-order valence-electron chi connectivity index (χ1n) is 6.95. The molecule has 0 heterocycles. The summed E-state index contributed by atoms with van der Waals surface area (Å²) in [5, 5.41) is 10.1. The summed E-state index contributed by atoms with van der Waals surface area (Å²) in [6.45, 7) is 0.578. The molecule has 1 saturated carbocycles. The number of halogens is 1. The molecule has 0 amide bonds.